The van der Waals surface area contributed by atoms with Crippen LogP contribution >= 0.6 is 0 Å². The molecular weight excluding hydrogens is 356 g/mol. The van der Waals surface area contributed by atoms with E-state index in [1.54, 1.807) is 6.07 Å². The van der Waals surface area contributed by atoms with Crippen molar-refractivity contribution in [3.63, 3.8) is 0 Å². The topological polar surface area (TPSA) is 145 Å². The Bertz CT molecular complexity index is 872. The zero-order valence-electron chi connectivity index (χ0n) is 14.1. The van der Waals surface area contributed by atoms with Crippen molar-refractivity contribution in [3.8, 4) is 23.0 Å². The number of allylic oxidation sites excluding steroid dienone is 1. The first kappa shape index (κ1) is 19.6. The van der Waals surface area contributed by atoms with Gasteiger partial charge in [-0.2, -0.15) is 0 Å². The van der Waals surface area contributed by atoms with Crippen LogP contribution in [0.1, 0.15) is 11.1 Å². The molecule has 8 heteroatoms. The first-order valence-electron chi connectivity index (χ1n) is 7.88. The first-order valence-corrected chi connectivity index (χ1v) is 7.88. The number of carboxylic acid groups (broad SMARTS) is 1. The molecule has 0 heterocycles. The van der Waals surface area contributed by atoms with E-state index in [9.17, 15) is 35.1 Å². The summed E-state index contributed by atoms with van der Waals surface area (Å²) in [5.41, 5.74) is 0.998. The third kappa shape index (κ3) is 5.67. The smallest absolute Gasteiger partial charge is 0.345 e. The maximum Gasteiger partial charge on any atom is 0.345 e. The number of phenolic OH excluding ortho intramolecular Hbond substituents is 4. The Labute approximate surface area is 154 Å². The lowest BCUT2D eigenvalue weighted by Gasteiger charge is -2.13. The maximum atomic E-state index is 11.8. The normalized spacial score (nSPS) is 12.0. The van der Waals surface area contributed by atoms with Gasteiger partial charge in [-0.05, 0) is 41.8 Å². The monoisotopic (exact) mass is 374 g/mol. The third-order valence-corrected chi connectivity index (χ3v) is 3.64. The molecular formula is C19H18O8. The van der Waals surface area contributed by atoms with E-state index in [0.29, 0.717) is 11.1 Å². The second-order valence-corrected chi connectivity index (χ2v) is 5.72. The van der Waals surface area contributed by atoms with E-state index < -0.39 is 23.8 Å². The van der Waals surface area contributed by atoms with Crippen LogP contribution in [0.25, 0.3) is 0 Å². The van der Waals surface area contributed by atoms with Crippen molar-refractivity contribution < 1.29 is 39.9 Å². The molecule has 0 fully saturated rings. The molecule has 1 atom stereocenters. The lowest BCUT2D eigenvalue weighted by atomic mass is 10.1. The van der Waals surface area contributed by atoms with E-state index in [1.807, 2.05) is 0 Å². The quantitative estimate of drug-likeness (QED) is 0.280. The first-order chi connectivity index (χ1) is 12.8. The maximum absolute atomic E-state index is 11.8. The molecule has 2 aromatic carbocycles. The van der Waals surface area contributed by atoms with Gasteiger partial charge in [0, 0.05) is 12.5 Å². The van der Waals surface area contributed by atoms with E-state index in [-0.39, 0.29) is 30.1 Å². The Morgan fingerprint density at radius 2 is 1.44 bits per heavy atom. The number of rotatable bonds is 7. The summed E-state index contributed by atoms with van der Waals surface area (Å²) in [5.74, 6) is -3.51. The van der Waals surface area contributed by atoms with E-state index in [2.05, 4.69) is 0 Å². The number of phenols is 4. The van der Waals surface area contributed by atoms with Gasteiger partial charge in [0.15, 0.2) is 23.0 Å². The zero-order valence-corrected chi connectivity index (χ0v) is 14.1. The van der Waals surface area contributed by atoms with Gasteiger partial charge in [-0.25, -0.2) is 9.59 Å². The van der Waals surface area contributed by atoms with Gasteiger partial charge in [-0.1, -0.05) is 18.2 Å². The molecule has 0 aliphatic carbocycles. The Morgan fingerprint density at radius 1 is 0.889 bits per heavy atom. The molecule has 0 saturated carbocycles. The second-order valence-electron chi connectivity index (χ2n) is 5.72. The molecule has 0 radical (unpaired) electrons. The number of carboxylic acids is 1. The highest BCUT2D eigenvalue weighted by atomic mass is 16.6. The Kier molecular flexibility index (Phi) is 6.27. The Hall–Kier alpha value is -3.68. The summed E-state index contributed by atoms with van der Waals surface area (Å²) in [6, 6.07) is 8.01. The predicted octanol–water partition coefficient (Wildman–Crippen LogP) is 1.85. The number of carbonyl (C=O) groups excluding carboxylic acids is 1. The van der Waals surface area contributed by atoms with Gasteiger partial charge < -0.3 is 30.3 Å². The van der Waals surface area contributed by atoms with Crippen molar-refractivity contribution in [1.29, 1.82) is 0 Å². The zero-order chi connectivity index (χ0) is 20.0. The van der Waals surface area contributed by atoms with E-state index in [4.69, 9.17) is 4.74 Å². The molecule has 8 nitrogen and oxygen atoms in total. The number of carbonyl (C=O) groups is 2. The minimum absolute atomic E-state index is 0.186. The fourth-order valence-corrected chi connectivity index (χ4v) is 2.26. The molecule has 0 aliphatic heterocycles. The average molecular weight is 374 g/mol. The number of hydrogen-bond acceptors (Lipinski definition) is 7. The van der Waals surface area contributed by atoms with Gasteiger partial charge in [0.05, 0.1) is 0 Å². The van der Waals surface area contributed by atoms with Crippen LogP contribution in [-0.2, 0) is 27.2 Å². The summed E-state index contributed by atoms with van der Waals surface area (Å²) in [4.78, 5) is 23.1. The van der Waals surface area contributed by atoms with Crippen molar-refractivity contribution in [2.45, 2.75) is 18.9 Å². The van der Waals surface area contributed by atoms with Crippen molar-refractivity contribution in [2.75, 3.05) is 0 Å². The minimum Gasteiger partial charge on any atom is -0.504 e. The van der Waals surface area contributed by atoms with Crippen molar-refractivity contribution in [3.05, 3.63) is 59.7 Å². The average Bonchev–Trinajstić information content (AvgIpc) is 2.60. The van der Waals surface area contributed by atoms with Crippen LogP contribution in [0.3, 0.4) is 0 Å². The molecule has 2 rings (SSSR count). The van der Waals surface area contributed by atoms with Crippen molar-refractivity contribution in [1.82, 2.24) is 0 Å². The summed E-state index contributed by atoms with van der Waals surface area (Å²) < 4.78 is 4.91. The van der Waals surface area contributed by atoms with Crippen LogP contribution in [0.4, 0.5) is 0 Å². The highest BCUT2D eigenvalue weighted by Gasteiger charge is 2.22. The standard InChI is InChI=1S/C19H18O8/c20-13-6-4-11(8-15(13)22)2-1-3-18(24)27-17(19(25)26)10-12-5-7-14(21)16(23)9-12/h1,3-9,17,20-23H,2,10H2,(H,25,26)/b3-1+. The summed E-state index contributed by atoms with van der Waals surface area (Å²) in [6.45, 7) is 0. The molecule has 0 amide bonds. The Balaban J connectivity index is 1.96. The molecule has 0 saturated heterocycles. The van der Waals surface area contributed by atoms with Gasteiger partial charge in [-0.3, -0.25) is 0 Å². The molecule has 27 heavy (non-hydrogen) atoms. The van der Waals surface area contributed by atoms with Crippen LogP contribution in [-0.4, -0.2) is 43.6 Å². The molecule has 0 bridgehead atoms. The SMILES string of the molecule is O=C(/C=C/Cc1ccc(O)c(O)c1)OC(Cc1ccc(O)c(O)c1)C(=O)O. The van der Waals surface area contributed by atoms with Gasteiger partial charge in [0.1, 0.15) is 0 Å². The van der Waals surface area contributed by atoms with Crippen LogP contribution in [0, 0.1) is 0 Å². The molecule has 0 aliphatic rings. The molecule has 2 aromatic rings. The number of hydrogen-bond donors (Lipinski definition) is 5. The summed E-state index contributed by atoms with van der Waals surface area (Å²) in [5, 5.41) is 46.5. The summed E-state index contributed by atoms with van der Waals surface area (Å²) >= 11 is 0. The minimum atomic E-state index is -1.47. The number of esters is 1. The molecule has 142 valence electrons. The number of aliphatic carboxylic acids is 1. The highest BCUT2D eigenvalue weighted by molar-refractivity contribution is 5.85. The Morgan fingerprint density at radius 3 is 2.00 bits per heavy atom. The van der Waals surface area contributed by atoms with E-state index in [0.717, 1.165) is 6.08 Å². The summed E-state index contributed by atoms with van der Waals surface area (Å²) in [7, 11) is 0. The number of benzene rings is 2. The van der Waals surface area contributed by atoms with Crippen LogP contribution in [0.15, 0.2) is 48.6 Å². The number of aromatic hydroxyl groups is 4. The van der Waals surface area contributed by atoms with Crippen LogP contribution in [0.2, 0.25) is 0 Å². The fraction of sp³-hybridized carbons (Fsp3) is 0.158. The second kappa shape index (κ2) is 8.61. The predicted molar refractivity (Wildman–Crippen MR) is 93.6 cm³/mol. The lowest BCUT2D eigenvalue weighted by molar-refractivity contribution is -0.160. The van der Waals surface area contributed by atoms with Gasteiger partial charge in [0.25, 0.3) is 0 Å². The summed E-state index contributed by atoms with van der Waals surface area (Å²) in [6.07, 6.45) is 1.10. The molecule has 0 spiro atoms. The van der Waals surface area contributed by atoms with E-state index in [1.165, 1.54) is 36.4 Å². The third-order valence-electron chi connectivity index (χ3n) is 3.64. The largest absolute Gasteiger partial charge is 0.504 e. The molecule has 5 N–H and O–H groups in total. The van der Waals surface area contributed by atoms with Crippen molar-refractivity contribution >= 4 is 11.9 Å². The van der Waals surface area contributed by atoms with Crippen molar-refractivity contribution in [2.24, 2.45) is 0 Å². The van der Waals surface area contributed by atoms with Gasteiger partial charge >= 0.3 is 11.9 Å². The molecule has 0 aromatic heterocycles. The van der Waals surface area contributed by atoms with Crippen LogP contribution < -0.4 is 0 Å². The van der Waals surface area contributed by atoms with Gasteiger partial charge in [-0.15, -0.1) is 0 Å². The van der Waals surface area contributed by atoms with E-state index >= 15 is 0 Å². The fourth-order valence-electron chi connectivity index (χ4n) is 2.26. The lowest BCUT2D eigenvalue weighted by Crippen LogP contribution is -2.28. The highest BCUT2D eigenvalue weighted by Crippen LogP contribution is 2.26. The number of ether oxygens (including phenoxy) is 1. The van der Waals surface area contributed by atoms with Crippen LogP contribution in [0.5, 0.6) is 23.0 Å². The molecule has 1 unspecified atom stereocenters. The van der Waals surface area contributed by atoms with Gasteiger partial charge in [0.2, 0.25) is 6.10 Å².